The number of fused-ring (bicyclic) bond motifs is 21. The van der Waals surface area contributed by atoms with Gasteiger partial charge in [-0.1, -0.05) is 142 Å². The predicted molar refractivity (Wildman–Crippen MR) is 293 cm³/mol. The van der Waals surface area contributed by atoms with E-state index in [4.69, 9.17) is 11.6 Å². The molecule has 2 aliphatic carbocycles. The van der Waals surface area contributed by atoms with Gasteiger partial charge in [0.25, 0.3) is 0 Å². The fraction of sp³-hybridized carbons (Fsp3) is 0.0938. The third kappa shape index (κ3) is 5.76. The average Bonchev–Trinajstić information content (AvgIpc) is 3.94. The number of hydrogen-bond donors (Lipinski definition) is 2. The van der Waals surface area contributed by atoms with Crippen molar-refractivity contribution in [2.24, 2.45) is 0 Å². The summed E-state index contributed by atoms with van der Waals surface area (Å²) in [4.78, 5) is 12.5. The number of nitrogens with one attached hydrogen (secondary N) is 2. The number of rotatable bonds is 2. The summed E-state index contributed by atoms with van der Waals surface area (Å²) in [5.74, 6) is 0.672. The van der Waals surface area contributed by atoms with Crippen LogP contribution in [0.25, 0.3) is 109 Å². The van der Waals surface area contributed by atoms with Gasteiger partial charge in [-0.25, -0.2) is 9.97 Å². The van der Waals surface area contributed by atoms with Crippen molar-refractivity contribution in [3.63, 3.8) is 0 Å². The van der Waals surface area contributed by atoms with E-state index in [9.17, 15) is 0 Å². The zero-order chi connectivity index (χ0) is 46.3. The van der Waals surface area contributed by atoms with E-state index >= 15 is 0 Å². The first kappa shape index (κ1) is 40.1. The van der Waals surface area contributed by atoms with Crippen molar-refractivity contribution in [3.05, 3.63) is 216 Å². The average molecular weight is 906 g/mol. The lowest BCUT2D eigenvalue weighted by molar-refractivity contribution is 0.661. The molecule has 15 rings (SSSR count). The first-order chi connectivity index (χ1) is 33.6. The van der Waals surface area contributed by atoms with E-state index in [1.54, 1.807) is 6.20 Å². The Morgan fingerprint density at radius 1 is 0.377 bits per heavy atom. The minimum absolute atomic E-state index is 0.0789. The molecule has 0 amide bonds. The van der Waals surface area contributed by atoms with Crippen molar-refractivity contribution >= 4 is 110 Å². The maximum Gasteiger partial charge on any atom is 0.149 e. The van der Waals surface area contributed by atoms with Crippen molar-refractivity contribution in [1.29, 1.82) is 0 Å². The molecule has 0 saturated carbocycles. The molecule has 69 heavy (non-hydrogen) atoms. The van der Waals surface area contributed by atoms with Gasteiger partial charge in [-0.05, 0) is 182 Å². The molecular weight excluding hydrogens is 860 g/mol. The largest absolute Gasteiger partial charge is 0.339 e. The Morgan fingerprint density at radius 3 is 1.30 bits per heavy atom. The van der Waals surface area contributed by atoms with Gasteiger partial charge in [0.15, 0.2) is 0 Å². The zero-order valence-electron chi connectivity index (χ0n) is 38.7. The highest BCUT2D eigenvalue weighted by Gasteiger charge is 2.38. The first-order valence-electron chi connectivity index (χ1n) is 23.8. The molecule has 0 radical (unpaired) electrons. The maximum atomic E-state index is 6.35. The lowest BCUT2D eigenvalue weighted by Gasteiger charge is -2.23. The number of aromatic nitrogens is 3. The van der Waals surface area contributed by atoms with E-state index in [0.717, 1.165) is 16.9 Å². The number of benzene rings is 10. The molecule has 328 valence electrons. The summed E-state index contributed by atoms with van der Waals surface area (Å²) in [6.07, 6.45) is 3.60. The predicted octanol–water partition coefficient (Wildman–Crippen LogP) is 17.7. The van der Waals surface area contributed by atoms with Crippen molar-refractivity contribution in [2.45, 2.75) is 38.5 Å². The summed E-state index contributed by atoms with van der Waals surface area (Å²) < 4.78 is 0. The quantitative estimate of drug-likeness (QED) is 0.170. The molecular formula is C64H45ClN4. The SMILES string of the molecule is CC1(C)c2cc(Nc3ncccc3Cl)ccc2-c2cc3c4ccccc4c4ccccc4c3cc21.CC1(C)c2cc3[nH]c4ncccc4c3cc2-c2cc3c4ccccc4c4ccccc4c3cc21. The molecule has 2 N–H and O–H groups in total. The molecule has 0 bridgehead atoms. The molecule has 0 atom stereocenters. The lowest BCUT2D eigenvalue weighted by Crippen LogP contribution is -2.15. The Labute approximate surface area is 404 Å². The molecule has 0 spiro atoms. The summed E-state index contributed by atoms with van der Waals surface area (Å²) in [6, 6.07) is 64.2. The molecule has 4 nitrogen and oxygen atoms in total. The highest BCUT2D eigenvalue weighted by atomic mass is 35.5. The summed E-state index contributed by atoms with van der Waals surface area (Å²) in [7, 11) is 0. The van der Waals surface area contributed by atoms with Crippen LogP contribution in [0.15, 0.2) is 188 Å². The van der Waals surface area contributed by atoms with Crippen LogP contribution in [0.5, 0.6) is 0 Å². The van der Waals surface area contributed by atoms with Gasteiger partial charge in [0.2, 0.25) is 0 Å². The number of anilines is 2. The van der Waals surface area contributed by atoms with Gasteiger partial charge in [0, 0.05) is 45.2 Å². The van der Waals surface area contributed by atoms with Crippen LogP contribution in [-0.4, -0.2) is 15.0 Å². The minimum Gasteiger partial charge on any atom is -0.339 e. The minimum atomic E-state index is -0.128. The van der Waals surface area contributed by atoms with Gasteiger partial charge < -0.3 is 10.3 Å². The van der Waals surface area contributed by atoms with E-state index in [1.165, 1.54) is 120 Å². The molecule has 0 unspecified atom stereocenters. The van der Waals surface area contributed by atoms with Crippen LogP contribution >= 0.6 is 11.6 Å². The normalized spacial score (nSPS) is 14.1. The Bertz CT molecular complexity index is 4370. The third-order valence-electron chi connectivity index (χ3n) is 15.6. The molecule has 2 aliphatic rings. The summed E-state index contributed by atoms with van der Waals surface area (Å²) >= 11 is 6.35. The van der Waals surface area contributed by atoms with Crippen molar-refractivity contribution in [1.82, 2.24) is 15.0 Å². The second-order valence-electron chi connectivity index (χ2n) is 20.0. The van der Waals surface area contributed by atoms with E-state index in [0.29, 0.717) is 10.8 Å². The van der Waals surface area contributed by atoms with Crippen LogP contribution < -0.4 is 5.32 Å². The van der Waals surface area contributed by atoms with E-state index in [-0.39, 0.29) is 10.8 Å². The molecule has 3 heterocycles. The van der Waals surface area contributed by atoms with Crippen LogP contribution in [0.2, 0.25) is 5.02 Å². The van der Waals surface area contributed by atoms with Gasteiger partial charge in [-0.3, -0.25) is 0 Å². The fourth-order valence-electron chi connectivity index (χ4n) is 12.2. The second-order valence-corrected chi connectivity index (χ2v) is 20.4. The van der Waals surface area contributed by atoms with E-state index in [1.807, 2.05) is 24.4 Å². The van der Waals surface area contributed by atoms with E-state index in [2.05, 4.69) is 206 Å². The lowest BCUT2D eigenvalue weighted by atomic mass is 9.81. The summed E-state index contributed by atoms with van der Waals surface area (Å²) in [5, 5.41) is 22.3. The standard InChI is InChI=1S/C32H23ClN2.C32H22N2/c1-32(2)28-16-19(35-31-30(33)12-7-15-34-31)13-14-24(28)27-17-25-22-10-5-3-8-20(22)21-9-4-6-11-23(21)26(25)18-29(27)32;1-32(2)28-16-24-21-11-6-4-9-19(21)18-8-3-5-10-20(18)23(24)14-25(28)26-15-27-22-12-7-13-33-31(22)34-30(27)17-29(26)32/h3-18H,1-2H3,(H,34,35);3-17H,1-2H3,(H,33,34). The Hall–Kier alpha value is -8.05. The Balaban J connectivity index is 0.000000130. The topological polar surface area (TPSA) is 53.6 Å². The molecule has 13 aromatic rings. The highest BCUT2D eigenvalue weighted by molar-refractivity contribution is 6.33. The Morgan fingerprint density at radius 2 is 0.783 bits per heavy atom. The zero-order valence-corrected chi connectivity index (χ0v) is 39.4. The summed E-state index contributed by atoms with van der Waals surface area (Å²) in [5.41, 5.74) is 13.7. The van der Waals surface area contributed by atoms with Crippen LogP contribution in [0.4, 0.5) is 11.5 Å². The van der Waals surface area contributed by atoms with Gasteiger partial charge in [-0.15, -0.1) is 0 Å². The molecule has 5 heteroatoms. The second kappa shape index (κ2) is 14.5. The molecule has 10 aromatic carbocycles. The Kier molecular flexibility index (Phi) is 8.41. The number of halogens is 1. The first-order valence-corrected chi connectivity index (χ1v) is 24.2. The molecule has 0 aliphatic heterocycles. The van der Waals surface area contributed by atoms with Gasteiger partial charge in [0.05, 0.1) is 5.02 Å². The number of aromatic amines is 1. The number of nitrogens with zero attached hydrogens (tertiary/aromatic N) is 2. The fourth-order valence-corrected chi connectivity index (χ4v) is 12.3. The van der Waals surface area contributed by atoms with E-state index < -0.39 is 0 Å². The highest BCUT2D eigenvalue weighted by Crippen LogP contribution is 2.54. The smallest absolute Gasteiger partial charge is 0.149 e. The van der Waals surface area contributed by atoms with Crippen LogP contribution in [0, 0.1) is 0 Å². The maximum absolute atomic E-state index is 6.35. The van der Waals surface area contributed by atoms with Gasteiger partial charge in [0.1, 0.15) is 11.5 Å². The number of pyridine rings is 2. The van der Waals surface area contributed by atoms with Crippen LogP contribution in [0.3, 0.4) is 0 Å². The van der Waals surface area contributed by atoms with Crippen molar-refractivity contribution in [2.75, 3.05) is 5.32 Å². The molecule has 0 fully saturated rings. The van der Waals surface area contributed by atoms with Crippen molar-refractivity contribution < 1.29 is 0 Å². The number of H-pyrrole nitrogens is 1. The number of hydrogen-bond acceptors (Lipinski definition) is 3. The monoisotopic (exact) mass is 904 g/mol. The van der Waals surface area contributed by atoms with Crippen molar-refractivity contribution in [3.8, 4) is 22.3 Å². The summed E-state index contributed by atoms with van der Waals surface area (Å²) in [6.45, 7) is 9.37. The van der Waals surface area contributed by atoms with Crippen LogP contribution in [0.1, 0.15) is 49.9 Å². The van der Waals surface area contributed by atoms with Crippen LogP contribution in [-0.2, 0) is 10.8 Å². The molecule has 0 saturated heterocycles. The van der Waals surface area contributed by atoms with Gasteiger partial charge >= 0.3 is 0 Å². The third-order valence-corrected chi connectivity index (χ3v) is 15.9. The van der Waals surface area contributed by atoms with Gasteiger partial charge in [-0.2, -0.15) is 0 Å². The molecule has 3 aromatic heterocycles.